The highest BCUT2D eigenvalue weighted by molar-refractivity contribution is 5.92. The predicted molar refractivity (Wildman–Crippen MR) is 122 cm³/mol. The van der Waals surface area contributed by atoms with E-state index in [-0.39, 0.29) is 36.7 Å². The quantitative estimate of drug-likeness (QED) is 0.235. The average Bonchev–Trinajstić information content (AvgIpc) is 2.82. The molecule has 0 spiro atoms. The number of phenols is 1. The Balaban J connectivity index is 2.04. The van der Waals surface area contributed by atoms with Crippen molar-refractivity contribution in [1.82, 2.24) is 4.90 Å². The summed E-state index contributed by atoms with van der Waals surface area (Å²) in [4.78, 5) is 26.3. The Labute approximate surface area is 223 Å². The molecule has 3 aromatic rings. The number of carbonyl (C=O) groups excluding carboxylic acids is 1. The molecule has 0 saturated carbocycles. The maximum Gasteiger partial charge on any atom is 0.491 e. The van der Waals surface area contributed by atoms with Crippen LogP contribution in [-0.4, -0.2) is 53.5 Å². The lowest BCUT2D eigenvalue weighted by Crippen LogP contribution is -2.40. The molecule has 0 amide bonds. The van der Waals surface area contributed by atoms with Gasteiger partial charge < -0.3 is 24.3 Å². The van der Waals surface area contributed by atoms with Crippen molar-refractivity contribution in [2.45, 2.75) is 37.0 Å². The molecule has 7 nitrogen and oxygen atoms in total. The summed E-state index contributed by atoms with van der Waals surface area (Å²) in [6.45, 7) is 0.322. The minimum Gasteiger partial charge on any atom is -0.507 e. The van der Waals surface area contributed by atoms with Gasteiger partial charge in [0.2, 0.25) is 0 Å². The molecule has 0 radical (unpaired) electrons. The zero-order valence-corrected chi connectivity index (χ0v) is 20.5. The Morgan fingerprint density at radius 1 is 0.976 bits per heavy atom. The smallest absolute Gasteiger partial charge is 0.491 e. The predicted octanol–water partition coefficient (Wildman–Crippen LogP) is 5.45. The van der Waals surface area contributed by atoms with Gasteiger partial charge in [0.15, 0.2) is 5.43 Å². The zero-order valence-electron chi connectivity index (χ0n) is 20.5. The maximum atomic E-state index is 13.4. The number of phenolic OH excluding ortho intramolecular Hbond substituents is 1. The molecular weight excluding hydrogens is 581 g/mol. The van der Waals surface area contributed by atoms with Gasteiger partial charge in [0.1, 0.15) is 28.2 Å². The van der Waals surface area contributed by atoms with E-state index in [9.17, 15) is 59.3 Å². The van der Waals surface area contributed by atoms with Gasteiger partial charge in [-0.05, 0) is 38.2 Å². The van der Waals surface area contributed by atoms with Crippen molar-refractivity contribution >= 4 is 16.9 Å². The summed E-state index contributed by atoms with van der Waals surface area (Å²) in [5.41, 5.74) is -6.84. The Bertz CT molecular complexity index is 1530. The van der Waals surface area contributed by atoms with Gasteiger partial charge >= 0.3 is 24.5 Å². The molecule has 2 N–H and O–H groups in total. The minimum absolute atomic E-state index is 0.0168. The highest BCUT2D eigenvalue weighted by Gasteiger charge is 2.43. The third-order valence-electron chi connectivity index (χ3n) is 6.44. The highest BCUT2D eigenvalue weighted by Crippen LogP contribution is 2.44. The van der Waals surface area contributed by atoms with Gasteiger partial charge in [0.25, 0.3) is 0 Å². The number of aromatic hydroxyl groups is 1. The van der Waals surface area contributed by atoms with Crippen molar-refractivity contribution in [3.63, 3.8) is 0 Å². The summed E-state index contributed by atoms with van der Waals surface area (Å²) in [7, 11) is 1.64. The molecule has 0 aliphatic carbocycles. The summed E-state index contributed by atoms with van der Waals surface area (Å²) in [5, 5.41) is 20.5. The average molecular weight is 599 g/mol. The minimum atomic E-state index is -5.54. The van der Waals surface area contributed by atoms with E-state index >= 15 is 0 Å². The lowest BCUT2D eigenvalue weighted by Gasteiger charge is -2.34. The Morgan fingerprint density at radius 3 is 2.07 bits per heavy atom. The summed E-state index contributed by atoms with van der Waals surface area (Å²) in [6, 6.07) is 1.28. The molecule has 1 aliphatic heterocycles. The second-order valence-electron chi connectivity index (χ2n) is 9.39. The monoisotopic (exact) mass is 599 g/mol. The lowest BCUT2D eigenvalue weighted by atomic mass is 9.85. The molecule has 4 rings (SSSR count). The second-order valence-corrected chi connectivity index (χ2v) is 9.39. The van der Waals surface area contributed by atoms with Crippen molar-refractivity contribution in [1.29, 1.82) is 0 Å². The van der Waals surface area contributed by atoms with E-state index < -0.39 is 86.9 Å². The number of halogens is 9. The first-order valence-corrected chi connectivity index (χ1v) is 11.6. The number of benzene rings is 2. The van der Waals surface area contributed by atoms with Crippen molar-refractivity contribution in [3.05, 3.63) is 57.2 Å². The molecule has 1 fully saturated rings. The van der Waals surface area contributed by atoms with Crippen LogP contribution in [0.25, 0.3) is 22.3 Å². The van der Waals surface area contributed by atoms with Gasteiger partial charge in [-0.2, -0.15) is 39.5 Å². The van der Waals surface area contributed by atoms with Crippen LogP contribution in [0.15, 0.2) is 39.5 Å². The number of rotatable bonds is 3. The molecule has 0 unspecified atom stereocenters. The molecule has 2 atom stereocenters. The van der Waals surface area contributed by atoms with Crippen molar-refractivity contribution in [2.75, 3.05) is 20.1 Å². The summed E-state index contributed by atoms with van der Waals surface area (Å²) in [5.74, 6) is -6.75. The number of esters is 1. The van der Waals surface area contributed by atoms with Crippen LogP contribution >= 0.6 is 0 Å². The fourth-order valence-electron chi connectivity index (χ4n) is 4.57. The van der Waals surface area contributed by atoms with Crippen LogP contribution in [0, 0.1) is 0 Å². The Hall–Kier alpha value is -3.79. The number of likely N-dealkylation sites (N-methyl/N-ethyl adjacent to an activating group) is 1. The zero-order chi connectivity index (χ0) is 30.7. The standard InChI is InChI=1S/C25H18F9NO6/c1-35-3-2-13(16(38)9-35)19-14(36)8-18(41-22(39)25(32,33)34)20-15(37)7-17(40-21(19)20)10-4-11(23(26,27)28)6-12(5-10)24(29,30)31/h4-8,13,16,36,38H,2-3,9H2,1H3/t13-,16+/m0/s1. The van der Waals surface area contributed by atoms with Gasteiger partial charge in [-0.3, -0.25) is 4.79 Å². The number of fused-ring (bicyclic) bond motifs is 1. The van der Waals surface area contributed by atoms with Gasteiger partial charge in [-0.1, -0.05) is 0 Å². The number of hydrogen-bond donors (Lipinski definition) is 2. The summed E-state index contributed by atoms with van der Waals surface area (Å²) in [6.07, 6.45) is -17.2. The topological polar surface area (TPSA) is 100 Å². The third-order valence-corrected chi connectivity index (χ3v) is 6.44. The van der Waals surface area contributed by atoms with Crippen LogP contribution in [0.4, 0.5) is 39.5 Å². The van der Waals surface area contributed by atoms with Gasteiger partial charge in [0, 0.05) is 35.7 Å². The first-order valence-electron chi connectivity index (χ1n) is 11.6. The number of aliphatic hydroxyl groups is 1. The van der Waals surface area contributed by atoms with E-state index in [1.807, 2.05) is 0 Å². The van der Waals surface area contributed by atoms with E-state index in [4.69, 9.17) is 4.42 Å². The van der Waals surface area contributed by atoms with Crippen LogP contribution in [0.5, 0.6) is 11.5 Å². The molecule has 2 heterocycles. The van der Waals surface area contributed by atoms with Crippen LogP contribution in [0.2, 0.25) is 0 Å². The van der Waals surface area contributed by atoms with Gasteiger partial charge in [-0.15, -0.1) is 0 Å². The number of β-amino-alcohol motifs (C(OH)–C–C–N with tert-alkyl or cyclic N) is 1. The first-order chi connectivity index (χ1) is 18.8. The summed E-state index contributed by atoms with van der Waals surface area (Å²) >= 11 is 0. The number of alkyl halides is 9. The fraction of sp³-hybridized carbons (Fsp3) is 0.360. The number of nitrogens with zero attached hydrogens (tertiary/aromatic N) is 1. The van der Waals surface area contributed by atoms with Crippen molar-refractivity contribution < 1.29 is 63.7 Å². The van der Waals surface area contributed by atoms with Crippen LogP contribution in [0.3, 0.4) is 0 Å². The number of likely N-dealkylation sites (tertiary alicyclic amines) is 1. The molecule has 0 bridgehead atoms. The van der Waals surface area contributed by atoms with Gasteiger partial charge in [0.05, 0.1) is 17.2 Å². The molecule has 2 aromatic carbocycles. The van der Waals surface area contributed by atoms with E-state index in [1.165, 1.54) is 0 Å². The largest absolute Gasteiger partial charge is 0.507 e. The lowest BCUT2D eigenvalue weighted by molar-refractivity contribution is -0.189. The maximum absolute atomic E-state index is 13.4. The SMILES string of the molecule is CN1CC[C@H](c2c(O)cc(OC(=O)C(F)(F)F)c3c(=O)cc(-c4cc(C(F)(F)F)cc(C(F)(F)F)c4)oc23)[C@H](O)C1. The van der Waals surface area contributed by atoms with E-state index in [2.05, 4.69) is 4.74 Å². The van der Waals surface area contributed by atoms with E-state index in [1.54, 1.807) is 11.9 Å². The highest BCUT2D eigenvalue weighted by atomic mass is 19.4. The van der Waals surface area contributed by atoms with E-state index in [0.29, 0.717) is 18.7 Å². The molecule has 1 saturated heterocycles. The molecule has 16 heteroatoms. The van der Waals surface area contributed by atoms with Crippen LogP contribution in [0.1, 0.15) is 29.0 Å². The Kier molecular flexibility index (Phi) is 7.54. The second kappa shape index (κ2) is 10.2. The number of hydrogen-bond acceptors (Lipinski definition) is 7. The van der Waals surface area contributed by atoms with Crippen molar-refractivity contribution in [2.24, 2.45) is 0 Å². The van der Waals surface area contributed by atoms with Crippen LogP contribution < -0.4 is 10.2 Å². The number of piperidine rings is 1. The number of ether oxygens (including phenoxy) is 1. The fourth-order valence-corrected chi connectivity index (χ4v) is 4.57. The molecular formula is C25H18F9NO6. The molecule has 1 aromatic heterocycles. The molecule has 1 aliphatic rings. The molecule has 41 heavy (non-hydrogen) atoms. The molecule has 222 valence electrons. The van der Waals surface area contributed by atoms with Crippen LogP contribution in [-0.2, 0) is 17.1 Å². The van der Waals surface area contributed by atoms with Gasteiger partial charge in [-0.25, -0.2) is 4.79 Å². The van der Waals surface area contributed by atoms with E-state index in [0.717, 1.165) is 0 Å². The summed E-state index contributed by atoms with van der Waals surface area (Å²) < 4.78 is 129. The number of aliphatic hydroxyl groups excluding tert-OH is 1. The number of carbonyl (C=O) groups is 1. The normalized spacial score (nSPS) is 19.0. The third kappa shape index (κ3) is 6.12. The first kappa shape index (κ1) is 30.2. The Morgan fingerprint density at radius 2 is 1.56 bits per heavy atom. The van der Waals surface area contributed by atoms with Crippen molar-refractivity contribution in [3.8, 4) is 22.8 Å².